The van der Waals surface area contributed by atoms with E-state index in [1.807, 2.05) is 66.7 Å². The summed E-state index contributed by atoms with van der Waals surface area (Å²) in [6, 6.07) is 23.0. The number of carbonyl (C=O) groups is 2. The SMILES string of the molecule is C=C(C)C(=O)OCc1ccccc1.C=C(C)C(=O)Oc1cccc2ccccc12. The van der Waals surface area contributed by atoms with Crippen LogP contribution in [-0.2, 0) is 20.9 Å². The zero-order valence-corrected chi connectivity index (χ0v) is 16.7. The van der Waals surface area contributed by atoms with Crippen LogP contribution in [0.1, 0.15) is 19.4 Å². The first-order valence-corrected chi connectivity index (χ1v) is 9.10. The summed E-state index contributed by atoms with van der Waals surface area (Å²) in [6.07, 6.45) is 0. The molecular weight excluding hydrogens is 364 g/mol. The van der Waals surface area contributed by atoms with E-state index in [0.29, 0.717) is 23.5 Å². The average Bonchev–Trinajstić information content (AvgIpc) is 2.73. The molecule has 0 saturated heterocycles. The first kappa shape index (κ1) is 21.6. The quantitative estimate of drug-likeness (QED) is 0.323. The van der Waals surface area contributed by atoms with Gasteiger partial charge in [0.05, 0.1) is 0 Å². The smallest absolute Gasteiger partial charge is 0.338 e. The number of rotatable bonds is 5. The van der Waals surface area contributed by atoms with E-state index < -0.39 is 5.97 Å². The molecule has 4 heteroatoms. The Labute approximate surface area is 171 Å². The minimum atomic E-state index is -0.392. The molecule has 148 valence electrons. The fourth-order valence-electron chi connectivity index (χ4n) is 2.32. The van der Waals surface area contributed by atoms with E-state index in [0.717, 1.165) is 16.3 Å². The molecule has 0 amide bonds. The van der Waals surface area contributed by atoms with Crippen molar-refractivity contribution < 1.29 is 19.1 Å². The normalized spacial score (nSPS) is 9.72. The molecule has 0 bridgehead atoms. The van der Waals surface area contributed by atoms with Crippen LogP contribution in [-0.4, -0.2) is 11.9 Å². The van der Waals surface area contributed by atoms with Gasteiger partial charge in [0, 0.05) is 16.5 Å². The van der Waals surface area contributed by atoms with Gasteiger partial charge in [0.2, 0.25) is 0 Å². The standard InChI is InChI=1S/C14H12O2.C11H12O2/c1-10(2)14(15)16-13-9-5-7-11-6-3-4-8-12(11)13;1-9(2)11(12)13-8-10-6-4-3-5-7-10/h3-9H,1H2,2H3;3-7H,1,8H2,2H3. The van der Waals surface area contributed by atoms with Crippen LogP contribution in [0, 0.1) is 0 Å². The average molecular weight is 388 g/mol. The van der Waals surface area contributed by atoms with Crippen molar-refractivity contribution in [2.45, 2.75) is 20.5 Å². The van der Waals surface area contributed by atoms with E-state index in [1.54, 1.807) is 19.9 Å². The van der Waals surface area contributed by atoms with Crippen molar-refractivity contribution in [3.05, 3.63) is 103 Å². The van der Waals surface area contributed by atoms with Gasteiger partial charge in [-0.2, -0.15) is 0 Å². The fraction of sp³-hybridized carbons (Fsp3) is 0.120. The molecule has 3 aromatic carbocycles. The maximum Gasteiger partial charge on any atom is 0.338 e. The van der Waals surface area contributed by atoms with Crippen molar-refractivity contribution in [3.63, 3.8) is 0 Å². The van der Waals surface area contributed by atoms with E-state index in [4.69, 9.17) is 9.47 Å². The lowest BCUT2D eigenvalue weighted by Crippen LogP contribution is -2.08. The second-order valence-corrected chi connectivity index (χ2v) is 6.49. The van der Waals surface area contributed by atoms with Crippen LogP contribution in [0.25, 0.3) is 10.8 Å². The van der Waals surface area contributed by atoms with Crippen molar-refractivity contribution in [1.82, 2.24) is 0 Å². The summed E-state index contributed by atoms with van der Waals surface area (Å²) in [7, 11) is 0. The predicted octanol–water partition coefficient (Wildman–Crippen LogP) is 5.63. The molecule has 0 aliphatic heterocycles. The third-order valence-corrected chi connectivity index (χ3v) is 3.86. The summed E-state index contributed by atoms with van der Waals surface area (Å²) in [6.45, 7) is 10.6. The van der Waals surface area contributed by atoms with Gasteiger partial charge in [-0.25, -0.2) is 9.59 Å². The molecule has 0 spiro atoms. The number of benzene rings is 3. The molecule has 0 heterocycles. The molecule has 29 heavy (non-hydrogen) atoms. The molecule has 3 rings (SSSR count). The van der Waals surface area contributed by atoms with Crippen LogP contribution in [0.2, 0.25) is 0 Å². The van der Waals surface area contributed by atoms with E-state index in [9.17, 15) is 9.59 Å². The van der Waals surface area contributed by atoms with Crippen LogP contribution < -0.4 is 4.74 Å². The minimum absolute atomic E-state index is 0.312. The molecular formula is C25H24O4. The molecule has 0 aromatic heterocycles. The zero-order chi connectivity index (χ0) is 21.2. The fourth-order valence-corrected chi connectivity index (χ4v) is 2.32. The zero-order valence-electron chi connectivity index (χ0n) is 16.7. The van der Waals surface area contributed by atoms with Crippen LogP contribution in [0.3, 0.4) is 0 Å². The molecule has 0 aliphatic carbocycles. The van der Waals surface area contributed by atoms with Gasteiger partial charge in [0.25, 0.3) is 0 Å². The highest BCUT2D eigenvalue weighted by atomic mass is 16.5. The summed E-state index contributed by atoms with van der Waals surface area (Å²) in [4.78, 5) is 22.4. The Balaban J connectivity index is 0.000000212. The molecule has 0 saturated carbocycles. The van der Waals surface area contributed by atoms with Crippen LogP contribution in [0.5, 0.6) is 5.75 Å². The Morgan fingerprint density at radius 1 is 0.759 bits per heavy atom. The lowest BCUT2D eigenvalue weighted by atomic mass is 10.1. The largest absolute Gasteiger partial charge is 0.457 e. The molecule has 4 nitrogen and oxygen atoms in total. The van der Waals surface area contributed by atoms with Crippen molar-refractivity contribution in [2.75, 3.05) is 0 Å². The summed E-state index contributed by atoms with van der Waals surface area (Å²) < 4.78 is 10.2. The maximum atomic E-state index is 11.4. The van der Waals surface area contributed by atoms with Crippen molar-refractivity contribution in [2.24, 2.45) is 0 Å². The van der Waals surface area contributed by atoms with E-state index in [1.165, 1.54) is 0 Å². The number of hydrogen-bond acceptors (Lipinski definition) is 4. The van der Waals surface area contributed by atoms with Crippen molar-refractivity contribution in [1.29, 1.82) is 0 Å². The predicted molar refractivity (Wildman–Crippen MR) is 115 cm³/mol. The van der Waals surface area contributed by atoms with Gasteiger partial charge in [0.15, 0.2) is 0 Å². The minimum Gasteiger partial charge on any atom is -0.457 e. The number of carbonyl (C=O) groups excluding carboxylic acids is 2. The van der Waals surface area contributed by atoms with Crippen molar-refractivity contribution >= 4 is 22.7 Å². The molecule has 0 atom stereocenters. The Morgan fingerprint density at radius 2 is 1.34 bits per heavy atom. The first-order valence-electron chi connectivity index (χ1n) is 9.10. The third-order valence-electron chi connectivity index (χ3n) is 3.86. The summed E-state index contributed by atoms with van der Waals surface area (Å²) in [5.74, 6) is -0.161. The number of hydrogen-bond donors (Lipinski definition) is 0. The van der Waals surface area contributed by atoms with Crippen LogP contribution in [0.15, 0.2) is 97.1 Å². The van der Waals surface area contributed by atoms with E-state index in [2.05, 4.69) is 13.2 Å². The molecule has 0 fully saturated rings. The lowest BCUT2D eigenvalue weighted by Gasteiger charge is -2.06. The number of esters is 2. The molecule has 0 unspecified atom stereocenters. The summed E-state index contributed by atoms with van der Waals surface area (Å²) >= 11 is 0. The van der Waals surface area contributed by atoms with Crippen LogP contribution >= 0.6 is 0 Å². The Kier molecular flexibility index (Phi) is 7.92. The van der Waals surface area contributed by atoms with Gasteiger partial charge < -0.3 is 9.47 Å². The highest BCUT2D eigenvalue weighted by Gasteiger charge is 2.07. The summed E-state index contributed by atoms with van der Waals surface area (Å²) in [5.41, 5.74) is 1.81. The highest BCUT2D eigenvalue weighted by Crippen LogP contribution is 2.25. The maximum absolute atomic E-state index is 11.4. The topological polar surface area (TPSA) is 52.6 Å². The second kappa shape index (κ2) is 10.6. The molecule has 3 aromatic rings. The second-order valence-electron chi connectivity index (χ2n) is 6.49. The first-order chi connectivity index (χ1) is 13.9. The van der Waals surface area contributed by atoms with E-state index in [-0.39, 0.29) is 5.97 Å². The van der Waals surface area contributed by atoms with Gasteiger partial charge in [-0.15, -0.1) is 0 Å². The monoisotopic (exact) mass is 388 g/mol. The molecule has 0 radical (unpaired) electrons. The number of fused-ring (bicyclic) bond motifs is 1. The highest BCUT2D eigenvalue weighted by molar-refractivity contribution is 5.94. The summed E-state index contributed by atoms with van der Waals surface area (Å²) in [5, 5.41) is 1.98. The Bertz CT molecular complexity index is 1010. The Morgan fingerprint density at radius 3 is 2.00 bits per heavy atom. The van der Waals surface area contributed by atoms with Gasteiger partial charge in [-0.3, -0.25) is 0 Å². The van der Waals surface area contributed by atoms with Gasteiger partial charge in [0.1, 0.15) is 12.4 Å². The van der Waals surface area contributed by atoms with Gasteiger partial charge in [-0.1, -0.05) is 79.9 Å². The van der Waals surface area contributed by atoms with Gasteiger partial charge in [-0.05, 0) is 30.9 Å². The lowest BCUT2D eigenvalue weighted by molar-refractivity contribution is -0.140. The van der Waals surface area contributed by atoms with Crippen molar-refractivity contribution in [3.8, 4) is 5.75 Å². The van der Waals surface area contributed by atoms with E-state index >= 15 is 0 Å². The molecule has 0 N–H and O–H groups in total. The Hall–Kier alpha value is -3.66. The number of ether oxygens (including phenoxy) is 2. The molecule has 0 aliphatic rings. The van der Waals surface area contributed by atoms with Gasteiger partial charge >= 0.3 is 11.9 Å². The van der Waals surface area contributed by atoms with Crippen LogP contribution in [0.4, 0.5) is 0 Å². The third kappa shape index (κ3) is 6.78.